The smallest absolute Gasteiger partial charge is 0.241 e. The maximum Gasteiger partial charge on any atom is 0.241 e. The van der Waals surface area contributed by atoms with Crippen LogP contribution in [-0.2, 0) is 10.0 Å². The van der Waals surface area contributed by atoms with Crippen LogP contribution in [0.1, 0.15) is 18.0 Å². The van der Waals surface area contributed by atoms with Gasteiger partial charge in [0.2, 0.25) is 10.0 Å². The summed E-state index contributed by atoms with van der Waals surface area (Å²) in [5, 5.41) is 7.89. The molecule has 1 aliphatic rings. The maximum absolute atomic E-state index is 13.5. The van der Waals surface area contributed by atoms with E-state index in [4.69, 9.17) is 34.8 Å². The number of benzene rings is 3. The Morgan fingerprint density at radius 2 is 1.72 bits per heavy atom. The van der Waals surface area contributed by atoms with E-state index in [9.17, 15) is 12.8 Å². The third kappa shape index (κ3) is 5.08. The van der Waals surface area contributed by atoms with Crippen LogP contribution in [0.15, 0.2) is 76.7 Å². The van der Waals surface area contributed by atoms with Gasteiger partial charge in [0.25, 0.3) is 0 Å². The molecule has 0 bridgehead atoms. The van der Waals surface area contributed by atoms with E-state index in [1.54, 1.807) is 35.3 Å². The second-order valence-corrected chi connectivity index (χ2v) is 10.2. The van der Waals surface area contributed by atoms with Crippen LogP contribution in [0.2, 0.25) is 15.1 Å². The number of nitrogens with zero attached hydrogens (tertiary/aromatic N) is 2. The van der Waals surface area contributed by atoms with Gasteiger partial charge in [-0.3, -0.25) is 5.01 Å². The standard InChI is InChI=1S/C22H17Cl3FN3O2S/c23-15-6-4-14(5-7-15)22-12-18(28-29(22)21-9-8-16(24)10-20(21)25)13-27-32(30,31)19-3-1-2-17(26)11-19/h1-11,22,27H,12-13H2. The van der Waals surface area contributed by atoms with Gasteiger partial charge in [-0.05, 0) is 54.1 Å². The second-order valence-electron chi connectivity index (χ2n) is 7.16. The number of hydrogen-bond acceptors (Lipinski definition) is 4. The predicted molar refractivity (Wildman–Crippen MR) is 127 cm³/mol. The van der Waals surface area contributed by atoms with Gasteiger partial charge in [0.1, 0.15) is 5.82 Å². The van der Waals surface area contributed by atoms with Gasteiger partial charge in [0.15, 0.2) is 0 Å². The van der Waals surface area contributed by atoms with E-state index in [0.717, 1.165) is 11.6 Å². The van der Waals surface area contributed by atoms with Gasteiger partial charge in [-0.1, -0.05) is 53.0 Å². The fourth-order valence-corrected chi connectivity index (χ4v) is 5.08. The van der Waals surface area contributed by atoms with Crippen molar-refractivity contribution < 1.29 is 12.8 Å². The maximum atomic E-state index is 13.5. The molecule has 0 radical (unpaired) electrons. The SMILES string of the molecule is O=S(=O)(NCC1=NN(c2ccc(Cl)cc2Cl)C(c2ccc(Cl)cc2)C1)c1cccc(F)c1. The van der Waals surface area contributed by atoms with Gasteiger partial charge >= 0.3 is 0 Å². The normalized spacial score (nSPS) is 16.3. The second kappa shape index (κ2) is 9.37. The Morgan fingerprint density at radius 3 is 2.41 bits per heavy atom. The van der Waals surface area contributed by atoms with Crippen molar-refractivity contribution in [1.82, 2.24) is 4.72 Å². The molecule has 166 valence electrons. The van der Waals surface area contributed by atoms with E-state index in [0.29, 0.717) is 32.9 Å². The van der Waals surface area contributed by atoms with Crippen LogP contribution >= 0.6 is 34.8 Å². The Labute approximate surface area is 200 Å². The molecule has 0 saturated carbocycles. The first-order valence-electron chi connectivity index (χ1n) is 9.54. The van der Waals surface area contributed by atoms with Crippen molar-refractivity contribution in [2.24, 2.45) is 5.10 Å². The molecule has 0 aliphatic carbocycles. The number of anilines is 1. The van der Waals surface area contributed by atoms with Crippen LogP contribution in [0.25, 0.3) is 0 Å². The van der Waals surface area contributed by atoms with Crippen LogP contribution in [0, 0.1) is 5.82 Å². The lowest BCUT2D eigenvalue weighted by atomic mass is 10.0. The summed E-state index contributed by atoms with van der Waals surface area (Å²) in [4.78, 5) is -0.150. The van der Waals surface area contributed by atoms with Crippen molar-refractivity contribution in [3.05, 3.63) is 93.2 Å². The zero-order valence-electron chi connectivity index (χ0n) is 16.5. The van der Waals surface area contributed by atoms with E-state index >= 15 is 0 Å². The summed E-state index contributed by atoms with van der Waals surface area (Å²) >= 11 is 18.5. The minimum absolute atomic E-state index is 0.0371. The highest BCUT2D eigenvalue weighted by atomic mass is 35.5. The first kappa shape index (κ1) is 23.0. The van der Waals surface area contributed by atoms with E-state index in [2.05, 4.69) is 9.82 Å². The third-order valence-electron chi connectivity index (χ3n) is 4.96. The summed E-state index contributed by atoms with van der Waals surface area (Å²) in [6.45, 7) is -0.0371. The Bertz CT molecular complexity index is 1280. The van der Waals surface area contributed by atoms with Gasteiger partial charge in [-0.15, -0.1) is 0 Å². The van der Waals surface area contributed by atoms with Gasteiger partial charge < -0.3 is 0 Å². The van der Waals surface area contributed by atoms with Gasteiger partial charge in [-0.25, -0.2) is 17.5 Å². The minimum atomic E-state index is -3.90. The Kier molecular flexibility index (Phi) is 6.74. The third-order valence-corrected chi connectivity index (χ3v) is 7.15. The molecule has 0 fully saturated rings. The molecule has 10 heteroatoms. The molecule has 32 heavy (non-hydrogen) atoms. The van der Waals surface area contributed by atoms with E-state index in [1.807, 2.05) is 12.1 Å². The van der Waals surface area contributed by atoms with Crippen molar-refractivity contribution >= 4 is 56.2 Å². The highest BCUT2D eigenvalue weighted by Gasteiger charge is 2.31. The largest absolute Gasteiger partial charge is 0.256 e. The Morgan fingerprint density at radius 1 is 1.00 bits per heavy atom. The molecular weight excluding hydrogens is 496 g/mol. The molecule has 3 aromatic rings. The van der Waals surface area contributed by atoms with Crippen LogP contribution in [-0.4, -0.2) is 20.7 Å². The van der Waals surface area contributed by atoms with Crippen LogP contribution in [0.4, 0.5) is 10.1 Å². The van der Waals surface area contributed by atoms with Crippen molar-refractivity contribution in [2.45, 2.75) is 17.4 Å². The summed E-state index contributed by atoms with van der Waals surface area (Å²) in [6.07, 6.45) is 0.451. The fourth-order valence-electron chi connectivity index (χ4n) is 3.41. The van der Waals surface area contributed by atoms with E-state index < -0.39 is 15.8 Å². The molecule has 0 amide bonds. The number of rotatable bonds is 6. The van der Waals surface area contributed by atoms with Gasteiger partial charge in [-0.2, -0.15) is 5.10 Å². The quantitative estimate of drug-likeness (QED) is 0.436. The molecule has 5 nitrogen and oxygen atoms in total. The monoisotopic (exact) mass is 511 g/mol. The van der Waals surface area contributed by atoms with Gasteiger partial charge in [0, 0.05) is 16.5 Å². The first-order chi connectivity index (χ1) is 15.2. The van der Waals surface area contributed by atoms with Crippen molar-refractivity contribution in [1.29, 1.82) is 0 Å². The van der Waals surface area contributed by atoms with Crippen LogP contribution < -0.4 is 9.73 Å². The molecular formula is C22H17Cl3FN3O2S. The van der Waals surface area contributed by atoms with Crippen LogP contribution in [0.5, 0.6) is 0 Å². The highest BCUT2D eigenvalue weighted by Crippen LogP contribution is 2.39. The average molecular weight is 513 g/mol. The van der Waals surface area contributed by atoms with Crippen molar-refractivity contribution in [2.75, 3.05) is 11.6 Å². The molecule has 1 unspecified atom stereocenters. The zero-order chi connectivity index (χ0) is 22.9. The molecule has 1 heterocycles. The minimum Gasteiger partial charge on any atom is -0.256 e. The molecule has 1 aliphatic heterocycles. The number of sulfonamides is 1. The van der Waals surface area contributed by atoms with Crippen molar-refractivity contribution in [3.63, 3.8) is 0 Å². The summed E-state index contributed by atoms with van der Waals surface area (Å²) in [5.41, 5.74) is 2.17. The predicted octanol–water partition coefficient (Wildman–Crippen LogP) is 6.07. The molecule has 1 N–H and O–H groups in total. The molecule has 0 aromatic heterocycles. The molecule has 0 saturated heterocycles. The number of hydrazone groups is 1. The lowest BCUT2D eigenvalue weighted by molar-refractivity contribution is 0.582. The van der Waals surface area contributed by atoms with Gasteiger partial charge in [0.05, 0.1) is 33.9 Å². The molecule has 0 spiro atoms. The fraction of sp³-hybridized carbons (Fsp3) is 0.136. The van der Waals surface area contributed by atoms with Crippen LogP contribution in [0.3, 0.4) is 0 Å². The summed E-state index contributed by atoms with van der Waals surface area (Å²) in [5.74, 6) is -0.627. The van der Waals surface area contributed by atoms with E-state index in [1.165, 1.54) is 18.2 Å². The Balaban J connectivity index is 1.61. The summed E-state index contributed by atoms with van der Waals surface area (Å²) < 4.78 is 41.1. The topological polar surface area (TPSA) is 61.8 Å². The lowest BCUT2D eigenvalue weighted by Crippen LogP contribution is -2.29. The zero-order valence-corrected chi connectivity index (χ0v) is 19.6. The molecule has 1 atom stereocenters. The number of nitrogens with one attached hydrogen (secondary N) is 1. The molecule has 3 aromatic carbocycles. The highest BCUT2D eigenvalue weighted by molar-refractivity contribution is 7.89. The summed E-state index contributed by atoms with van der Waals surface area (Å²) in [7, 11) is -3.90. The first-order valence-corrected chi connectivity index (χ1v) is 12.2. The average Bonchev–Trinajstić information content (AvgIpc) is 3.17. The molecule has 4 rings (SSSR count). The van der Waals surface area contributed by atoms with Crippen molar-refractivity contribution in [3.8, 4) is 0 Å². The number of halogens is 4. The number of hydrogen-bond donors (Lipinski definition) is 1. The van der Waals surface area contributed by atoms with E-state index in [-0.39, 0.29) is 17.5 Å². The lowest BCUT2D eigenvalue weighted by Gasteiger charge is -2.25. The summed E-state index contributed by atoms with van der Waals surface area (Å²) in [6, 6.07) is 17.0. The Hall–Kier alpha value is -2.16.